The summed E-state index contributed by atoms with van der Waals surface area (Å²) in [6, 6.07) is 19.4. The van der Waals surface area contributed by atoms with E-state index in [0.29, 0.717) is 0 Å². The van der Waals surface area contributed by atoms with Crippen LogP contribution >= 0.6 is 0 Å². The lowest BCUT2D eigenvalue weighted by Crippen LogP contribution is -2.26. The number of hydrogen-bond acceptors (Lipinski definition) is 4. The van der Waals surface area contributed by atoms with Crippen molar-refractivity contribution in [3.8, 4) is 11.1 Å². The van der Waals surface area contributed by atoms with Crippen LogP contribution in [0, 0.1) is 0 Å². The highest BCUT2D eigenvalue weighted by atomic mass is 14.9. The quantitative estimate of drug-likeness (QED) is 0.336. The predicted molar refractivity (Wildman–Crippen MR) is 122 cm³/mol. The SMILES string of the molecule is CCNCCCNCCCNCCCNCc1cccc(-c2ccccc2)c1. The summed E-state index contributed by atoms with van der Waals surface area (Å²) in [6.45, 7) is 10.7. The summed E-state index contributed by atoms with van der Waals surface area (Å²) in [7, 11) is 0. The highest BCUT2D eigenvalue weighted by Crippen LogP contribution is 2.19. The molecule has 4 N–H and O–H groups in total. The molecule has 4 heteroatoms. The summed E-state index contributed by atoms with van der Waals surface area (Å²) in [5, 5.41) is 13.9. The maximum atomic E-state index is 3.56. The van der Waals surface area contributed by atoms with Gasteiger partial charge in [-0.2, -0.15) is 0 Å². The van der Waals surface area contributed by atoms with E-state index in [4.69, 9.17) is 0 Å². The first-order chi connectivity index (χ1) is 13.9. The van der Waals surface area contributed by atoms with E-state index in [-0.39, 0.29) is 0 Å². The van der Waals surface area contributed by atoms with Crippen LogP contribution in [0.1, 0.15) is 31.7 Å². The molecule has 0 aliphatic rings. The lowest BCUT2D eigenvalue weighted by Gasteiger charge is -2.09. The van der Waals surface area contributed by atoms with Crippen LogP contribution in [0.3, 0.4) is 0 Å². The molecule has 0 amide bonds. The van der Waals surface area contributed by atoms with Crippen LogP contribution in [0.2, 0.25) is 0 Å². The van der Waals surface area contributed by atoms with E-state index in [0.717, 1.165) is 58.8 Å². The Hall–Kier alpha value is -1.72. The molecule has 0 radical (unpaired) electrons. The van der Waals surface area contributed by atoms with Gasteiger partial charge in [0.25, 0.3) is 0 Å². The van der Waals surface area contributed by atoms with E-state index in [1.807, 2.05) is 0 Å². The normalized spacial score (nSPS) is 11.0. The van der Waals surface area contributed by atoms with Gasteiger partial charge in [-0.25, -0.2) is 0 Å². The van der Waals surface area contributed by atoms with Gasteiger partial charge in [0.2, 0.25) is 0 Å². The van der Waals surface area contributed by atoms with Crippen molar-refractivity contribution in [1.82, 2.24) is 21.3 Å². The Morgan fingerprint density at radius 2 is 1.14 bits per heavy atom. The molecule has 0 aromatic heterocycles. The van der Waals surface area contributed by atoms with Crippen molar-refractivity contribution in [1.29, 1.82) is 0 Å². The summed E-state index contributed by atoms with van der Waals surface area (Å²) in [6.07, 6.45) is 3.57. The minimum atomic E-state index is 0.928. The Morgan fingerprint density at radius 1 is 0.571 bits per heavy atom. The fourth-order valence-electron chi connectivity index (χ4n) is 3.17. The highest BCUT2D eigenvalue weighted by molar-refractivity contribution is 5.63. The van der Waals surface area contributed by atoms with Crippen LogP contribution in [0.5, 0.6) is 0 Å². The van der Waals surface area contributed by atoms with Gasteiger partial charge in [0.05, 0.1) is 0 Å². The van der Waals surface area contributed by atoms with E-state index in [2.05, 4.69) is 82.8 Å². The van der Waals surface area contributed by atoms with E-state index < -0.39 is 0 Å². The van der Waals surface area contributed by atoms with Crippen molar-refractivity contribution in [3.63, 3.8) is 0 Å². The lowest BCUT2D eigenvalue weighted by molar-refractivity contribution is 0.554. The van der Waals surface area contributed by atoms with Crippen molar-refractivity contribution in [2.24, 2.45) is 0 Å². The van der Waals surface area contributed by atoms with E-state index in [1.165, 1.54) is 29.5 Å². The third-order valence-corrected chi connectivity index (χ3v) is 4.73. The summed E-state index contributed by atoms with van der Waals surface area (Å²) < 4.78 is 0. The Morgan fingerprint density at radius 3 is 1.79 bits per heavy atom. The van der Waals surface area contributed by atoms with Crippen molar-refractivity contribution in [2.45, 2.75) is 32.7 Å². The second-order valence-corrected chi connectivity index (χ2v) is 7.16. The average Bonchev–Trinajstić information content (AvgIpc) is 2.75. The minimum Gasteiger partial charge on any atom is -0.317 e. The van der Waals surface area contributed by atoms with Gasteiger partial charge in [-0.1, -0.05) is 55.5 Å². The van der Waals surface area contributed by atoms with Gasteiger partial charge in [0.15, 0.2) is 0 Å². The molecule has 2 rings (SSSR count). The maximum Gasteiger partial charge on any atom is 0.0205 e. The van der Waals surface area contributed by atoms with Gasteiger partial charge in [-0.15, -0.1) is 0 Å². The van der Waals surface area contributed by atoms with Gasteiger partial charge in [-0.05, 0) is 87.8 Å². The zero-order chi connectivity index (χ0) is 19.7. The van der Waals surface area contributed by atoms with Gasteiger partial charge in [-0.3, -0.25) is 0 Å². The maximum absolute atomic E-state index is 3.56. The third-order valence-electron chi connectivity index (χ3n) is 4.73. The van der Waals surface area contributed by atoms with Crippen LogP contribution < -0.4 is 21.3 Å². The molecule has 2 aromatic carbocycles. The molecule has 0 unspecified atom stereocenters. The molecule has 0 saturated carbocycles. The zero-order valence-electron chi connectivity index (χ0n) is 17.5. The molecule has 0 saturated heterocycles. The Kier molecular flexibility index (Phi) is 12.3. The average molecular weight is 383 g/mol. The first kappa shape index (κ1) is 22.6. The molecule has 0 atom stereocenters. The monoisotopic (exact) mass is 382 g/mol. The fourth-order valence-corrected chi connectivity index (χ4v) is 3.17. The fraction of sp³-hybridized carbons (Fsp3) is 0.500. The minimum absolute atomic E-state index is 0.928. The standard InChI is InChI=1S/C24H38N4/c1-2-25-14-7-15-26-16-8-17-27-18-9-19-28-21-22-10-6-13-24(20-22)23-11-4-3-5-12-23/h3-6,10-13,20,25-28H,2,7-9,14-19,21H2,1H3. The van der Waals surface area contributed by atoms with E-state index >= 15 is 0 Å². The number of nitrogens with one attached hydrogen (secondary N) is 4. The largest absolute Gasteiger partial charge is 0.317 e. The molecule has 0 spiro atoms. The second kappa shape index (κ2) is 15.2. The zero-order valence-corrected chi connectivity index (χ0v) is 17.5. The van der Waals surface area contributed by atoms with Crippen LogP contribution in [-0.2, 0) is 6.54 Å². The predicted octanol–water partition coefficient (Wildman–Crippen LogP) is 3.40. The molecule has 0 bridgehead atoms. The lowest BCUT2D eigenvalue weighted by atomic mass is 10.0. The number of hydrogen-bond donors (Lipinski definition) is 4. The second-order valence-electron chi connectivity index (χ2n) is 7.16. The molecule has 0 heterocycles. The molecule has 154 valence electrons. The van der Waals surface area contributed by atoms with Crippen LogP contribution in [0.4, 0.5) is 0 Å². The van der Waals surface area contributed by atoms with Gasteiger partial charge in [0.1, 0.15) is 0 Å². The number of benzene rings is 2. The third kappa shape index (κ3) is 10.00. The Balaban J connectivity index is 1.45. The van der Waals surface area contributed by atoms with Crippen molar-refractivity contribution < 1.29 is 0 Å². The molecule has 0 aliphatic heterocycles. The van der Waals surface area contributed by atoms with Crippen molar-refractivity contribution >= 4 is 0 Å². The first-order valence-electron chi connectivity index (χ1n) is 10.9. The summed E-state index contributed by atoms with van der Waals surface area (Å²) >= 11 is 0. The molecule has 4 nitrogen and oxygen atoms in total. The van der Waals surface area contributed by atoms with Gasteiger partial charge >= 0.3 is 0 Å². The summed E-state index contributed by atoms with van der Waals surface area (Å²) in [4.78, 5) is 0. The summed E-state index contributed by atoms with van der Waals surface area (Å²) in [5.74, 6) is 0. The molecule has 28 heavy (non-hydrogen) atoms. The highest BCUT2D eigenvalue weighted by Gasteiger charge is 1.99. The molecule has 2 aromatic rings. The smallest absolute Gasteiger partial charge is 0.0205 e. The van der Waals surface area contributed by atoms with Gasteiger partial charge in [0, 0.05) is 6.54 Å². The number of rotatable bonds is 16. The topological polar surface area (TPSA) is 48.1 Å². The van der Waals surface area contributed by atoms with Crippen molar-refractivity contribution in [2.75, 3.05) is 45.8 Å². The van der Waals surface area contributed by atoms with E-state index in [9.17, 15) is 0 Å². The van der Waals surface area contributed by atoms with E-state index in [1.54, 1.807) is 0 Å². The Labute approximate surface area is 171 Å². The first-order valence-corrected chi connectivity index (χ1v) is 10.9. The molecule has 0 aliphatic carbocycles. The Bertz CT molecular complexity index is 615. The van der Waals surface area contributed by atoms with Crippen LogP contribution in [0.15, 0.2) is 54.6 Å². The molecule has 0 fully saturated rings. The summed E-state index contributed by atoms with van der Waals surface area (Å²) in [5.41, 5.74) is 3.91. The van der Waals surface area contributed by atoms with Crippen LogP contribution in [0.25, 0.3) is 11.1 Å². The van der Waals surface area contributed by atoms with Crippen molar-refractivity contribution in [3.05, 3.63) is 60.2 Å². The van der Waals surface area contributed by atoms with Crippen LogP contribution in [-0.4, -0.2) is 45.8 Å². The molecular weight excluding hydrogens is 344 g/mol. The molecular formula is C24H38N4. The van der Waals surface area contributed by atoms with Gasteiger partial charge < -0.3 is 21.3 Å².